The van der Waals surface area contributed by atoms with Crippen LogP contribution in [-0.4, -0.2) is 28.9 Å². The van der Waals surface area contributed by atoms with Gasteiger partial charge in [-0.05, 0) is 41.5 Å². The Balaban J connectivity index is 2.05. The lowest BCUT2D eigenvalue weighted by Gasteiger charge is -2.20. The van der Waals surface area contributed by atoms with Gasteiger partial charge in [0.2, 0.25) is 5.91 Å². The summed E-state index contributed by atoms with van der Waals surface area (Å²) in [6.07, 6.45) is 3.69. The van der Waals surface area contributed by atoms with Crippen LogP contribution >= 0.6 is 11.6 Å². The molecule has 1 fully saturated rings. The SMILES string of the molecule is CC(C)(C)c1ccc(C(=CC(=O)N2CCCC2)c2ccc(Cl)c(=O)[nH]2)cc1. The lowest BCUT2D eigenvalue weighted by atomic mass is 9.86. The Hall–Kier alpha value is -2.33. The van der Waals surface area contributed by atoms with Crippen LogP contribution in [0.4, 0.5) is 0 Å². The Morgan fingerprint density at radius 1 is 1.07 bits per heavy atom. The molecular formula is C22H25ClN2O2. The van der Waals surface area contributed by atoms with Crippen LogP contribution in [0, 0.1) is 0 Å². The first kappa shape index (κ1) is 19.4. The van der Waals surface area contributed by atoms with Crippen LogP contribution in [0.5, 0.6) is 0 Å². The van der Waals surface area contributed by atoms with Crippen molar-refractivity contribution in [2.24, 2.45) is 0 Å². The third-order valence-corrected chi connectivity index (χ3v) is 5.20. The smallest absolute Gasteiger partial charge is 0.267 e. The number of benzene rings is 1. The number of hydrogen-bond donors (Lipinski definition) is 1. The maximum Gasteiger partial charge on any atom is 0.267 e. The van der Waals surface area contributed by atoms with Crippen LogP contribution in [-0.2, 0) is 10.2 Å². The average Bonchev–Trinajstić information content (AvgIpc) is 3.16. The number of halogens is 1. The van der Waals surface area contributed by atoms with Gasteiger partial charge in [-0.25, -0.2) is 0 Å². The molecule has 0 radical (unpaired) electrons. The van der Waals surface area contributed by atoms with Crippen molar-refractivity contribution < 1.29 is 4.79 Å². The standard InChI is InChI=1S/C22H25ClN2O2/c1-22(2,3)16-8-6-15(7-9-16)17(14-20(26)25-12-4-5-13-25)19-11-10-18(23)21(27)24-19/h6-11,14H,4-5,12-13H2,1-3H3,(H,24,27). The van der Waals surface area contributed by atoms with E-state index >= 15 is 0 Å². The van der Waals surface area contributed by atoms with Crippen molar-refractivity contribution in [3.8, 4) is 0 Å². The quantitative estimate of drug-likeness (QED) is 0.798. The van der Waals surface area contributed by atoms with Gasteiger partial charge in [-0.15, -0.1) is 0 Å². The molecule has 0 saturated carbocycles. The highest BCUT2D eigenvalue weighted by Gasteiger charge is 2.19. The molecule has 0 bridgehead atoms. The summed E-state index contributed by atoms with van der Waals surface area (Å²) in [5, 5.41) is 0.132. The normalized spacial score (nSPS) is 15.3. The number of aromatic amines is 1. The maximum absolute atomic E-state index is 12.7. The number of likely N-dealkylation sites (tertiary alicyclic amines) is 1. The number of H-pyrrole nitrogens is 1. The first-order chi connectivity index (χ1) is 12.8. The molecule has 1 aromatic heterocycles. The molecule has 1 saturated heterocycles. The number of pyridine rings is 1. The highest BCUT2D eigenvalue weighted by atomic mass is 35.5. The lowest BCUT2D eigenvalue weighted by molar-refractivity contribution is -0.124. The van der Waals surface area contributed by atoms with E-state index in [1.165, 1.54) is 5.56 Å². The van der Waals surface area contributed by atoms with E-state index in [0.29, 0.717) is 11.3 Å². The number of hydrogen-bond acceptors (Lipinski definition) is 2. The van der Waals surface area contributed by atoms with Crippen LogP contribution < -0.4 is 5.56 Å². The Morgan fingerprint density at radius 3 is 2.26 bits per heavy atom. The first-order valence-electron chi connectivity index (χ1n) is 9.26. The average molecular weight is 385 g/mol. The lowest BCUT2D eigenvalue weighted by Crippen LogP contribution is -2.26. The van der Waals surface area contributed by atoms with Crippen molar-refractivity contribution in [2.75, 3.05) is 13.1 Å². The van der Waals surface area contributed by atoms with Gasteiger partial charge in [0.05, 0.1) is 0 Å². The van der Waals surface area contributed by atoms with Gasteiger partial charge in [-0.2, -0.15) is 0 Å². The summed E-state index contributed by atoms with van der Waals surface area (Å²) >= 11 is 5.87. The monoisotopic (exact) mass is 384 g/mol. The molecule has 1 aliphatic heterocycles. The van der Waals surface area contributed by atoms with Gasteiger partial charge < -0.3 is 9.88 Å². The molecule has 0 unspecified atom stereocenters. The molecule has 0 spiro atoms. The Bertz CT molecular complexity index is 915. The summed E-state index contributed by atoms with van der Waals surface area (Å²) < 4.78 is 0. The first-order valence-corrected chi connectivity index (χ1v) is 9.64. The minimum atomic E-state index is -0.361. The summed E-state index contributed by atoms with van der Waals surface area (Å²) in [6, 6.07) is 11.4. The highest BCUT2D eigenvalue weighted by Crippen LogP contribution is 2.27. The number of carbonyl (C=O) groups is 1. The fraction of sp³-hybridized carbons (Fsp3) is 0.364. The summed E-state index contributed by atoms with van der Waals surface area (Å²) in [4.78, 5) is 29.3. The molecule has 1 amide bonds. The second kappa shape index (κ2) is 7.73. The van der Waals surface area contributed by atoms with Crippen molar-refractivity contribution in [3.63, 3.8) is 0 Å². The van der Waals surface area contributed by atoms with Crippen molar-refractivity contribution in [2.45, 2.75) is 39.0 Å². The molecule has 0 atom stereocenters. The van der Waals surface area contributed by atoms with Gasteiger partial charge in [-0.3, -0.25) is 9.59 Å². The second-order valence-electron chi connectivity index (χ2n) is 7.97. The van der Waals surface area contributed by atoms with Gasteiger partial charge in [0.1, 0.15) is 5.02 Å². The van der Waals surface area contributed by atoms with E-state index in [2.05, 4.69) is 37.9 Å². The molecule has 1 aliphatic rings. The zero-order valence-electron chi connectivity index (χ0n) is 16.0. The van der Waals surface area contributed by atoms with Gasteiger partial charge in [-0.1, -0.05) is 56.6 Å². The molecule has 27 heavy (non-hydrogen) atoms. The molecular weight excluding hydrogens is 360 g/mol. The summed E-state index contributed by atoms with van der Waals surface area (Å²) in [5.41, 5.74) is 3.05. The number of rotatable bonds is 3. The molecule has 2 heterocycles. The highest BCUT2D eigenvalue weighted by molar-refractivity contribution is 6.30. The predicted molar refractivity (Wildman–Crippen MR) is 110 cm³/mol. The van der Waals surface area contributed by atoms with E-state index in [1.54, 1.807) is 18.2 Å². The van der Waals surface area contributed by atoms with Gasteiger partial charge in [0.15, 0.2) is 0 Å². The number of carbonyl (C=O) groups excluding carboxylic acids is 1. The third kappa shape index (κ3) is 4.51. The van der Waals surface area contributed by atoms with E-state index in [-0.39, 0.29) is 21.9 Å². The Labute approximate surface area is 164 Å². The molecule has 142 valence electrons. The van der Waals surface area contributed by atoms with Crippen LogP contribution in [0.25, 0.3) is 5.57 Å². The van der Waals surface area contributed by atoms with E-state index in [1.807, 2.05) is 17.0 Å². The molecule has 1 aromatic carbocycles. The summed E-state index contributed by atoms with van der Waals surface area (Å²) in [6.45, 7) is 8.04. The Morgan fingerprint density at radius 2 is 1.70 bits per heavy atom. The van der Waals surface area contributed by atoms with Crippen LogP contribution in [0.1, 0.15) is 50.4 Å². The number of amides is 1. The zero-order valence-corrected chi connectivity index (χ0v) is 16.8. The fourth-order valence-electron chi connectivity index (χ4n) is 3.23. The molecule has 5 heteroatoms. The van der Waals surface area contributed by atoms with Crippen LogP contribution in [0.3, 0.4) is 0 Å². The number of nitrogens with zero attached hydrogens (tertiary/aromatic N) is 1. The van der Waals surface area contributed by atoms with Gasteiger partial charge in [0.25, 0.3) is 5.56 Å². The fourth-order valence-corrected chi connectivity index (χ4v) is 3.34. The molecule has 3 rings (SSSR count). The third-order valence-electron chi connectivity index (χ3n) is 4.90. The summed E-state index contributed by atoms with van der Waals surface area (Å²) in [7, 11) is 0. The largest absolute Gasteiger partial charge is 0.339 e. The predicted octanol–water partition coefficient (Wildman–Crippen LogP) is 4.38. The van der Waals surface area contributed by atoms with Crippen molar-refractivity contribution in [1.82, 2.24) is 9.88 Å². The van der Waals surface area contributed by atoms with Crippen molar-refractivity contribution >= 4 is 23.1 Å². The summed E-state index contributed by atoms with van der Waals surface area (Å²) in [5.74, 6) is -0.0294. The Kier molecular flexibility index (Phi) is 5.56. The molecule has 2 aromatic rings. The van der Waals surface area contributed by atoms with E-state index in [4.69, 9.17) is 11.6 Å². The van der Waals surface area contributed by atoms with E-state index < -0.39 is 0 Å². The topological polar surface area (TPSA) is 53.2 Å². The minimum Gasteiger partial charge on any atom is -0.339 e. The van der Waals surface area contributed by atoms with Gasteiger partial charge >= 0.3 is 0 Å². The minimum absolute atomic E-state index is 0.0294. The van der Waals surface area contributed by atoms with Crippen LogP contribution in [0.15, 0.2) is 47.3 Å². The molecule has 0 aliphatic carbocycles. The number of nitrogens with one attached hydrogen (secondary N) is 1. The second-order valence-corrected chi connectivity index (χ2v) is 8.37. The maximum atomic E-state index is 12.7. The molecule has 1 N–H and O–H groups in total. The van der Waals surface area contributed by atoms with E-state index in [0.717, 1.165) is 31.5 Å². The van der Waals surface area contributed by atoms with E-state index in [9.17, 15) is 9.59 Å². The number of aromatic nitrogens is 1. The van der Waals surface area contributed by atoms with Crippen LogP contribution in [0.2, 0.25) is 5.02 Å². The van der Waals surface area contributed by atoms with Crippen molar-refractivity contribution in [1.29, 1.82) is 0 Å². The molecule has 4 nitrogen and oxygen atoms in total. The van der Waals surface area contributed by atoms with Gasteiger partial charge in [0, 0.05) is 30.4 Å². The van der Waals surface area contributed by atoms with Crippen molar-refractivity contribution in [3.05, 3.63) is 74.7 Å². The zero-order chi connectivity index (χ0) is 19.6.